The molecule has 6 heteroatoms. The maximum atomic E-state index is 13.2. The summed E-state index contributed by atoms with van der Waals surface area (Å²) >= 11 is 0. The summed E-state index contributed by atoms with van der Waals surface area (Å²) in [4.78, 5) is 27.1. The van der Waals surface area contributed by atoms with E-state index in [9.17, 15) is 14.7 Å². The fourth-order valence-electron chi connectivity index (χ4n) is 6.11. The molecule has 4 aliphatic rings. The van der Waals surface area contributed by atoms with E-state index in [0.717, 1.165) is 25.7 Å². The number of aliphatic hydroxyl groups is 1. The van der Waals surface area contributed by atoms with E-state index >= 15 is 0 Å². The summed E-state index contributed by atoms with van der Waals surface area (Å²) in [7, 11) is 1.69. The summed E-state index contributed by atoms with van der Waals surface area (Å²) < 4.78 is 0. The summed E-state index contributed by atoms with van der Waals surface area (Å²) in [6.07, 6.45) is 8.80. The third-order valence-corrected chi connectivity index (χ3v) is 7.79. The van der Waals surface area contributed by atoms with Crippen LogP contribution in [0.2, 0.25) is 0 Å². The molecule has 0 radical (unpaired) electrons. The van der Waals surface area contributed by atoms with Crippen LogP contribution in [-0.4, -0.2) is 46.8 Å². The molecular weight excluding hydrogens is 402 g/mol. The number of aliphatic hydroxyl groups excluding tert-OH is 1. The van der Waals surface area contributed by atoms with E-state index < -0.39 is 11.3 Å². The zero-order valence-electron chi connectivity index (χ0n) is 19.1. The largest absolute Gasteiger partial charge is 0.503 e. The summed E-state index contributed by atoms with van der Waals surface area (Å²) in [5.41, 5.74) is 8.39. The number of nitrogens with one attached hydrogen (secondary N) is 1. The van der Waals surface area contributed by atoms with Gasteiger partial charge in [-0.15, -0.1) is 0 Å². The van der Waals surface area contributed by atoms with Gasteiger partial charge < -0.3 is 10.0 Å². The number of hydrogen-bond donors (Lipinski definition) is 2. The van der Waals surface area contributed by atoms with Gasteiger partial charge in [-0.25, -0.2) is 5.43 Å². The first-order valence-corrected chi connectivity index (χ1v) is 11.6. The van der Waals surface area contributed by atoms with Crippen molar-refractivity contribution in [1.29, 1.82) is 0 Å². The third-order valence-electron chi connectivity index (χ3n) is 7.79. The highest BCUT2D eigenvalue weighted by Crippen LogP contribution is 2.64. The van der Waals surface area contributed by atoms with Gasteiger partial charge in [0.25, 0.3) is 5.91 Å². The van der Waals surface area contributed by atoms with Crippen LogP contribution in [0.1, 0.15) is 50.7 Å². The van der Waals surface area contributed by atoms with Gasteiger partial charge in [-0.05, 0) is 54.9 Å². The number of likely N-dealkylation sites (N-methyl/N-ethyl adjacent to an activating group) is 1. The number of Topliss-reactive ketones (excluding diaryl/α,β-unsaturated/α-hetero) is 1. The first-order valence-electron chi connectivity index (χ1n) is 11.6. The number of carbonyl (C=O) groups excluding carboxylic acids is 2. The van der Waals surface area contributed by atoms with E-state index in [-0.39, 0.29) is 29.2 Å². The fourth-order valence-corrected chi connectivity index (χ4v) is 6.11. The predicted molar refractivity (Wildman–Crippen MR) is 122 cm³/mol. The summed E-state index contributed by atoms with van der Waals surface area (Å²) in [5, 5.41) is 12.5. The minimum atomic E-state index is -0.507. The van der Waals surface area contributed by atoms with E-state index in [0.29, 0.717) is 13.1 Å². The maximum absolute atomic E-state index is 13.2. The lowest BCUT2D eigenvalue weighted by Crippen LogP contribution is -2.59. The molecule has 1 heterocycles. The van der Waals surface area contributed by atoms with Crippen molar-refractivity contribution < 1.29 is 14.7 Å². The van der Waals surface area contributed by atoms with E-state index in [1.807, 2.05) is 6.92 Å². The number of carbonyl (C=O) groups is 2. The molecule has 2 unspecified atom stereocenters. The van der Waals surface area contributed by atoms with Gasteiger partial charge in [0, 0.05) is 32.0 Å². The summed E-state index contributed by atoms with van der Waals surface area (Å²) in [6.45, 7) is 5.02. The second-order valence-corrected chi connectivity index (χ2v) is 9.70. The van der Waals surface area contributed by atoms with Crippen LogP contribution in [0.5, 0.6) is 0 Å². The number of hydrogen-bond acceptors (Lipinski definition) is 5. The van der Waals surface area contributed by atoms with Gasteiger partial charge in [0.15, 0.2) is 11.5 Å². The molecular formula is C26H31N3O3. The lowest BCUT2D eigenvalue weighted by atomic mass is 9.72. The third kappa shape index (κ3) is 2.75. The zero-order valence-corrected chi connectivity index (χ0v) is 19.1. The van der Waals surface area contributed by atoms with E-state index in [4.69, 9.17) is 0 Å². The Morgan fingerprint density at radius 1 is 1.22 bits per heavy atom. The minimum absolute atomic E-state index is 0.0561. The molecule has 1 aromatic carbocycles. The Labute approximate surface area is 189 Å². The van der Waals surface area contributed by atoms with Crippen molar-refractivity contribution in [2.75, 3.05) is 20.1 Å². The summed E-state index contributed by atoms with van der Waals surface area (Å²) in [6, 6.07) is 8.53. The molecule has 32 heavy (non-hydrogen) atoms. The molecule has 0 bridgehead atoms. The van der Waals surface area contributed by atoms with Gasteiger partial charge in [-0.3, -0.25) is 14.6 Å². The molecule has 6 nitrogen and oxygen atoms in total. The van der Waals surface area contributed by atoms with Crippen LogP contribution < -0.4 is 5.43 Å². The Hall–Kier alpha value is -2.86. The fraction of sp³-hybridized carbons (Fsp3) is 0.462. The van der Waals surface area contributed by atoms with Crippen molar-refractivity contribution in [1.82, 2.24) is 15.3 Å². The number of hydrazine groups is 1. The Morgan fingerprint density at radius 3 is 2.75 bits per heavy atom. The average molecular weight is 434 g/mol. The van der Waals surface area contributed by atoms with Crippen molar-refractivity contribution >= 4 is 11.7 Å². The van der Waals surface area contributed by atoms with Crippen LogP contribution >= 0.6 is 0 Å². The van der Waals surface area contributed by atoms with Gasteiger partial charge in [-0.1, -0.05) is 43.3 Å². The predicted octanol–water partition coefficient (Wildman–Crippen LogP) is 3.52. The molecule has 2 atom stereocenters. The van der Waals surface area contributed by atoms with Gasteiger partial charge in [0.05, 0.1) is 5.54 Å². The zero-order chi connectivity index (χ0) is 22.7. The van der Waals surface area contributed by atoms with Crippen molar-refractivity contribution in [3.05, 3.63) is 70.1 Å². The molecule has 0 aromatic heterocycles. The number of amides is 1. The SMILES string of the molecule is CCN(C)C(=O)C1=C(O)C(=O)CCN1NC12C3=CCCC=C3CC1(C)Cc1ccccc12. The van der Waals surface area contributed by atoms with Gasteiger partial charge >= 0.3 is 0 Å². The van der Waals surface area contributed by atoms with Crippen LogP contribution in [0.3, 0.4) is 0 Å². The van der Waals surface area contributed by atoms with E-state index in [2.05, 4.69) is 48.8 Å². The van der Waals surface area contributed by atoms with Crippen LogP contribution in [-0.2, 0) is 21.5 Å². The molecule has 0 saturated heterocycles. The van der Waals surface area contributed by atoms with Gasteiger partial charge in [-0.2, -0.15) is 0 Å². The topological polar surface area (TPSA) is 72.9 Å². The number of ketones is 1. The molecule has 5 rings (SSSR count). The van der Waals surface area contributed by atoms with Crippen LogP contribution in [0.25, 0.3) is 0 Å². The lowest BCUT2D eigenvalue weighted by molar-refractivity contribution is -0.131. The highest BCUT2D eigenvalue weighted by Gasteiger charge is 2.63. The molecule has 0 spiro atoms. The first-order chi connectivity index (χ1) is 15.3. The normalized spacial score (nSPS) is 28.7. The van der Waals surface area contributed by atoms with Crippen LogP contribution in [0.4, 0.5) is 0 Å². The molecule has 3 aliphatic carbocycles. The van der Waals surface area contributed by atoms with Gasteiger partial charge in [0.1, 0.15) is 0 Å². The molecule has 1 fully saturated rings. The van der Waals surface area contributed by atoms with E-state index in [1.165, 1.54) is 27.2 Å². The van der Waals surface area contributed by atoms with Crippen LogP contribution in [0, 0.1) is 5.41 Å². The Bertz CT molecular complexity index is 1100. The highest BCUT2D eigenvalue weighted by atomic mass is 16.3. The van der Waals surface area contributed by atoms with Crippen molar-refractivity contribution in [2.45, 2.75) is 51.5 Å². The summed E-state index contributed by atoms with van der Waals surface area (Å²) in [5.74, 6) is -1.17. The number of fused-ring (bicyclic) bond motifs is 5. The molecule has 1 amide bonds. The van der Waals surface area contributed by atoms with Crippen molar-refractivity contribution in [3.8, 4) is 0 Å². The second-order valence-electron chi connectivity index (χ2n) is 9.70. The number of benzene rings is 1. The smallest absolute Gasteiger partial charge is 0.275 e. The highest BCUT2D eigenvalue weighted by molar-refractivity contribution is 6.04. The maximum Gasteiger partial charge on any atom is 0.275 e. The van der Waals surface area contributed by atoms with Gasteiger partial charge in [0.2, 0.25) is 5.78 Å². The lowest BCUT2D eigenvalue weighted by Gasteiger charge is -2.46. The molecule has 1 saturated carbocycles. The first kappa shape index (κ1) is 21.0. The number of allylic oxidation sites excluding steroid dienone is 3. The van der Waals surface area contributed by atoms with Crippen molar-refractivity contribution in [3.63, 3.8) is 0 Å². The Kier molecular flexibility index (Phi) is 4.82. The minimum Gasteiger partial charge on any atom is -0.503 e. The van der Waals surface area contributed by atoms with Crippen LogP contribution in [0.15, 0.2) is 59.0 Å². The van der Waals surface area contributed by atoms with Crippen molar-refractivity contribution in [2.24, 2.45) is 5.41 Å². The molecule has 168 valence electrons. The standard InChI is InChI=1S/C26H31N3O3/c1-4-28(3)24(32)22-23(31)21(30)13-14-29(22)27-26-19-11-7-5-9-17(19)15-25(26,2)16-18-10-6-8-12-20(18)26/h5,7,9-12,27,31H,4,6,8,13-16H2,1-3H3. The number of rotatable bonds is 4. The number of nitrogens with zero attached hydrogens (tertiary/aromatic N) is 2. The molecule has 2 N–H and O–H groups in total. The van der Waals surface area contributed by atoms with E-state index in [1.54, 1.807) is 12.1 Å². The second kappa shape index (κ2) is 7.34. The molecule has 1 aromatic rings. The Morgan fingerprint density at radius 2 is 1.97 bits per heavy atom. The monoisotopic (exact) mass is 433 g/mol. The average Bonchev–Trinajstić information content (AvgIpc) is 3.18. The molecule has 1 aliphatic heterocycles. The quantitative estimate of drug-likeness (QED) is 0.760. The Balaban J connectivity index is 1.66.